The third-order valence-electron chi connectivity index (χ3n) is 6.84. The summed E-state index contributed by atoms with van der Waals surface area (Å²) in [7, 11) is 1.75. The maximum Gasteiger partial charge on any atom is 0.419 e. The molecule has 4 N–H and O–H groups in total. The zero-order chi connectivity index (χ0) is 32.6. The number of fused-ring (bicyclic) bond motifs is 1. The van der Waals surface area contributed by atoms with Crippen molar-refractivity contribution in [1.29, 1.82) is 0 Å². The third kappa shape index (κ3) is 5.95. The number of carbonyl (C=O) groups is 2. The number of carbonyl (C=O) groups excluding carboxylic acids is 2. The van der Waals surface area contributed by atoms with Gasteiger partial charge in [-0.05, 0) is 54.6 Å². The summed E-state index contributed by atoms with van der Waals surface area (Å²) in [6.45, 7) is 0. The summed E-state index contributed by atoms with van der Waals surface area (Å²) >= 11 is 1.27. The van der Waals surface area contributed by atoms with Gasteiger partial charge in [-0.2, -0.15) is 18.3 Å². The molecule has 0 radical (unpaired) electrons. The predicted octanol–water partition coefficient (Wildman–Crippen LogP) is 7.45. The average Bonchev–Trinajstić information content (AvgIpc) is 3.63. The topological polar surface area (TPSA) is 131 Å². The van der Waals surface area contributed by atoms with Crippen LogP contribution in [0.5, 0.6) is 0 Å². The molecule has 0 aliphatic rings. The number of hydrogen-bond donors (Lipinski definition) is 3. The van der Waals surface area contributed by atoms with Crippen molar-refractivity contribution in [2.75, 3.05) is 21.3 Å². The van der Waals surface area contributed by atoms with Gasteiger partial charge in [0.2, 0.25) is 0 Å². The minimum atomic E-state index is -4.95. The van der Waals surface area contributed by atoms with Gasteiger partial charge in [0.05, 0.1) is 39.0 Å². The second kappa shape index (κ2) is 11.9. The van der Waals surface area contributed by atoms with Crippen LogP contribution in [0.3, 0.4) is 0 Å². The Labute approximate surface area is 262 Å². The predicted molar refractivity (Wildman–Crippen MR) is 167 cm³/mol. The van der Waals surface area contributed by atoms with Crippen molar-refractivity contribution in [3.8, 4) is 10.4 Å². The monoisotopic (exact) mass is 646 g/mol. The molecule has 0 atom stereocenters. The number of nitrogens with one attached hydrogen (secondary N) is 2. The lowest BCUT2D eigenvalue weighted by atomic mass is 10.1. The Morgan fingerprint density at radius 2 is 1.63 bits per heavy atom. The van der Waals surface area contributed by atoms with Gasteiger partial charge in [0.1, 0.15) is 22.8 Å². The van der Waals surface area contributed by atoms with Crippen LogP contribution < -0.4 is 21.3 Å². The van der Waals surface area contributed by atoms with Gasteiger partial charge in [0.25, 0.3) is 5.91 Å². The molecule has 0 fully saturated rings. The lowest BCUT2D eigenvalue weighted by molar-refractivity contribution is -0.139. The minimum absolute atomic E-state index is 0.143. The van der Waals surface area contributed by atoms with Gasteiger partial charge in [0.15, 0.2) is 0 Å². The molecule has 232 valence electrons. The molecule has 15 heteroatoms. The first-order chi connectivity index (χ1) is 22.0. The smallest absolute Gasteiger partial charge is 0.383 e. The molecular formula is C31H22F4N8O2S. The molecule has 0 aliphatic heterocycles. The van der Waals surface area contributed by atoms with Crippen molar-refractivity contribution in [2.24, 2.45) is 7.05 Å². The van der Waals surface area contributed by atoms with Crippen LogP contribution >= 0.6 is 11.3 Å². The van der Waals surface area contributed by atoms with E-state index in [0.29, 0.717) is 49.9 Å². The summed E-state index contributed by atoms with van der Waals surface area (Å²) in [5.74, 6) is -1.79. The molecule has 0 saturated carbocycles. The van der Waals surface area contributed by atoms with Crippen molar-refractivity contribution < 1.29 is 27.2 Å². The standard InChI is InChI=1S/C31H22F4N8O2S/c1-42-15-17(14-39-42)26-24(25-27(36)37-16-38-29(25)46-26)28(44)40-18-7-10-21(11-8-18)43(20-5-3-2-4-6-20)30(45)41-19-9-12-23(32)22(13-19)31(33,34)35/h2-16H,1H3,(H,40,44)(H,41,45)(H2,36,37,38). The van der Waals surface area contributed by atoms with Gasteiger partial charge in [-0.15, -0.1) is 11.3 Å². The zero-order valence-corrected chi connectivity index (χ0v) is 24.5. The molecule has 0 aliphatic carbocycles. The first-order valence-electron chi connectivity index (χ1n) is 13.5. The van der Waals surface area contributed by atoms with Crippen molar-refractivity contribution in [3.63, 3.8) is 0 Å². The second-order valence-electron chi connectivity index (χ2n) is 9.94. The number of alkyl halides is 3. The van der Waals surface area contributed by atoms with E-state index in [-0.39, 0.29) is 17.1 Å². The molecular weight excluding hydrogens is 624 g/mol. The number of aryl methyl sites for hydroxylation is 1. The Morgan fingerprint density at radius 3 is 2.30 bits per heavy atom. The fourth-order valence-corrected chi connectivity index (χ4v) is 5.88. The van der Waals surface area contributed by atoms with E-state index in [9.17, 15) is 27.2 Å². The van der Waals surface area contributed by atoms with Crippen LogP contribution in [0.4, 0.5) is 50.9 Å². The summed E-state index contributed by atoms with van der Waals surface area (Å²) in [6, 6.07) is 16.0. The van der Waals surface area contributed by atoms with Gasteiger partial charge in [-0.25, -0.2) is 19.2 Å². The molecule has 46 heavy (non-hydrogen) atoms. The van der Waals surface area contributed by atoms with Gasteiger partial charge in [-0.1, -0.05) is 18.2 Å². The molecule has 3 aromatic heterocycles. The van der Waals surface area contributed by atoms with Crippen LogP contribution in [0.2, 0.25) is 0 Å². The number of anilines is 5. The van der Waals surface area contributed by atoms with E-state index >= 15 is 0 Å². The minimum Gasteiger partial charge on any atom is -0.383 e. The Balaban J connectivity index is 1.30. The summed E-state index contributed by atoms with van der Waals surface area (Å²) in [5, 5.41) is 9.87. The van der Waals surface area contributed by atoms with Crippen LogP contribution in [0.1, 0.15) is 15.9 Å². The Morgan fingerprint density at radius 1 is 0.935 bits per heavy atom. The number of halogens is 4. The summed E-state index contributed by atoms with van der Waals surface area (Å²) in [4.78, 5) is 37.8. The highest BCUT2D eigenvalue weighted by Crippen LogP contribution is 2.40. The van der Waals surface area contributed by atoms with E-state index < -0.39 is 29.5 Å². The number of nitrogens with zero attached hydrogens (tertiary/aromatic N) is 5. The third-order valence-corrected chi connectivity index (χ3v) is 7.98. The Bertz CT molecular complexity index is 2080. The number of urea groups is 1. The van der Waals surface area contributed by atoms with Gasteiger partial charge >= 0.3 is 12.2 Å². The zero-order valence-electron chi connectivity index (χ0n) is 23.7. The Kier molecular flexibility index (Phi) is 7.83. The van der Waals surface area contributed by atoms with E-state index in [4.69, 9.17) is 5.73 Å². The first kappa shape index (κ1) is 30.2. The average molecular weight is 647 g/mol. The van der Waals surface area contributed by atoms with Crippen molar-refractivity contribution >= 4 is 62.1 Å². The fourth-order valence-electron chi connectivity index (χ4n) is 4.76. The van der Waals surface area contributed by atoms with Gasteiger partial charge in [-0.3, -0.25) is 14.4 Å². The van der Waals surface area contributed by atoms with Crippen LogP contribution in [0.15, 0.2) is 91.5 Å². The molecule has 6 aromatic rings. The van der Waals surface area contributed by atoms with Crippen LogP contribution in [-0.4, -0.2) is 31.7 Å². The van der Waals surface area contributed by atoms with Crippen molar-refractivity contribution in [3.05, 3.63) is 108 Å². The molecule has 0 spiro atoms. The SMILES string of the molecule is Cn1cc(-c2sc3ncnc(N)c3c2C(=O)Nc2ccc(N(C(=O)Nc3ccc(F)c(C(F)(F)F)c3)c3ccccc3)cc2)cn1. The van der Waals surface area contributed by atoms with E-state index in [1.54, 1.807) is 78.7 Å². The molecule has 10 nitrogen and oxygen atoms in total. The van der Waals surface area contributed by atoms with Crippen molar-refractivity contribution in [1.82, 2.24) is 19.7 Å². The largest absolute Gasteiger partial charge is 0.419 e. The van der Waals surface area contributed by atoms with Crippen molar-refractivity contribution in [2.45, 2.75) is 6.18 Å². The molecule has 0 saturated heterocycles. The van der Waals surface area contributed by atoms with E-state index in [1.807, 2.05) is 0 Å². The Hall–Kier alpha value is -5.83. The number of hydrogen-bond acceptors (Lipinski definition) is 7. The van der Waals surface area contributed by atoms with Crippen LogP contribution in [0, 0.1) is 5.82 Å². The van der Waals surface area contributed by atoms with Crippen LogP contribution in [-0.2, 0) is 13.2 Å². The molecule has 0 unspecified atom stereocenters. The van der Waals surface area contributed by atoms with Gasteiger partial charge in [0, 0.05) is 30.2 Å². The number of para-hydroxylation sites is 1. The number of amides is 3. The number of aromatic nitrogens is 4. The molecule has 0 bridgehead atoms. The summed E-state index contributed by atoms with van der Waals surface area (Å²) in [6.07, 6.45) is -0.240. The number of thiophene rings is 1. The quantitative estimate of drug-likeness (QED) is 0.161. The maximum atomic E-state index is 13.8. The number of benzene rings is 3. The van der Waals surface area contributed by atoms with E-state index in [1.165, 1.54) is 22.6 Å². The highest BCUT2D eigenvalue weighted by atomic mass is 32.1. The first-order valence-corrected chi connectivity index (χ1v) is 14.3. The van der Waals surface area contributed by atoms with E-state index in [2.05, 4.69) is 25.7 Å². The summed E-state index contributed by atoms with van der Waals surface area (Å²) < 4.78 is 55.2. The maximum absolute atomic E-state index is 13.8. The number of nitrogens with two attached hydrogens (primary N) is 1. The lowest BCUT2D eigenvalue weighted by Crippen LogP contribution is -2.31. The molecule has 3 aromatic carbocycles. The molecule has 3 heterocycles. The van der Waals surface area contributed by atoms with Gasteiger partial charge < -0.3 is 16.4 Å². The molecule has 6 rings (SSSR count). The number of nitrogen functional groups attached to an aromatic ring is 1. The molecule has 3 amide bonds. The highest BCUT2D eigenvalue weighted by molar-refractivity contribution is 7.22. The lowest BCUT2D eigenvalue weighted by Gasteiger charge is -2.24. The fraction of sp³-hybridized carbons (Fsp3) is 0.0645. The second-order valence-corrected chi connectivity index (χ2v) is 10.9. The van der Waals surface area contributed by atoms with Crippen LogP contribution in [0.25, 0.3) is 20.7 Å². The number of rotatable bonds is 6. The normalized spacial score (nSPS) is 11.4. The highest BCUT2D eigenvalue weighted by Gasteiger charge is 2.34. The summed E-state index contributed by atoms with van der Waals surface area (Å²) in [5.41, 5.74) is 6.47. The van der Waals surface area contributed by atoms with E-state index in [0.717, 1.165) is 6.07 Å².